The van der Waals surface area contributed by atoms with E-state index in [4.69, 9.17) is 23.2 Å². The smallest absolute Gasteiger partial charge is 0.257 e. The summed E-state index contributed by atoms with van der Waals surface area (Å²) in [6.07, 6.45) is 4.85. The highest BCUT2D eigenvalue weighted by Crippen LogP contribution is 2.26. The van der Waals surface area contributed by atoms with Crippen LogP contribution in [-0.4, -0.2) is 20.7 Å². The van der Waals surface area contributed by atoms with Crippen LogP contribution >= 0.6 is 23.2 Å². The second kappa shape index (κ2) is 6.36. The van der Waals surface area contributed by atoms with Crippen LogP contribution in [0.5, 0.6) is 0 Å². The molecule has 0 aliphatic heterocycles. The Kier molecular flexibility index (Phi) is 4.27. The van der Waals surface area contributed by atoms with Crippen molar-refractivity contribution in [2.45, 2.75) is 0 Å². The summed E-state index contributed by atoms with van der Waals surface area (Å²) in [6.45, 7) is 0. The fourth-order valence-electron chi connectivity index (χ4n) is 1.96. The number of carbonyl (C=O) groups is 1. The van der Waals surface area contributed by atoms with Gasteiger partial charge in [-0.1, -0.05) is 23.2 Å². The van der Waals surface area contributed by atoms with E-state index in [2.05, 4.69) is 15.4 Å². The van der Waals surface area contributed by atoms with Gasteiger partial charge in [0.05, 0.1) is 21.3 Å². The monoisotopic (exact) mass is 350 g/mol. The van der Waals surface area contributed by atoms with Gasteiger partial charge in [0.1, 0.15) is 5.82 Å². The van der Waals surface area contributed by atoms with Crippen molar-refractivity contribution >= 4 is 34.8 Å². The predicted molar refractivity (Wildman–Crippen MR) is 85.7 cm³/mol. The van der Waals surface area contributed by atoms with E-state index >= 15 is 0 Å². The maximum atomic E-state index is 13.6. The number of aromatic nitrogens is 3. The summed E-state index contributed by atoms with van der Waals surface area (Å²) in [5, 5.41) is 6.62. The third kappa shape index (κ3) is 3.18. The van der Waals surface area contributed by atoms with Gasteiger partial charge in [0.2, 0.25) is 0 Å². The molecule has 3 rings (SSSR count). The van der Waals surface area contributed by atoms with Gasteiger partial charge in [0.15, 0.2) is 5.82 Å². The highest BCUT2D eigenvalue weighted by molar-refractivity contribution is 6.37. The van der Waals surface area contributed by atoms with Crippen LogP contribution in [-0.2, 0) is 0 Å². The quantitative estimate of drug-likeness (QED) is 0.727. The minimum atomic E-state index is -0.722. The van der Waals surface area contributed by atoms with Gasteiger partial charge in [-0.25, -0.2) is 14.1 Å². The van der Waals surface area contributed by atoms with Crippen molar-refractivity contribution in [3.05, 3.63) is 70.3 Å². The Labute approximate surface area is 140 Å². The van der Waals surface area contributed by atoms with Gasteiger partial charge in [-0.3, -0.25) is 4.79 Å². The third-order valence-electron chi connectivity index (χ3n) is 3.01. The van der Waals surface area contributed by atoms with Gasteiger partial charge in [0, 0.05) is 18.6 Å². The summed E-state index contributed by atoms with van der Waals surface area (Å²) in [4.78, 5) is 16.5. The summed E-state index contributed by atoms with van der Waals surface area (Å²) in [6, 6.07) is 7.22. The van der Waals surface area contributed by atoms with Crippen LogP contribution in [0.1, 0.15) is 10.4 Å². The molecule has 0 fully saturated rings. The molecule has 0 spiro atoms. The average molecular weight is 351 g/mol. The number of anilines is 1. The zero-order chi connectivity index (χ0) is 16.4. The molecule has 1 N–H and O–H groups in total. The summed E-state index contributed by atoms with van der Waals surface area (Å²) >= 11 is 11.6. The number of hydrogen-bond acceptors (Lipinski definition) is 3. The second-order valence-corrected chi connectivity index (χ2v) is 5.34. The molecule has 1 amide bonds. The minimum absolute atomic E-state index is 0.0242. The first-order chi connectivity index (χ1) is 11.1. The number of halogens is 3. The van der Waals surface area contributed by atoms with Crippen molar-refractivity contribution in [2.24, 2.45) is 0 Å². The highest BCUT2D eigenvalue weighted by Gasteiger charge is 2.16. The number of pyridine rings is 1. The molecule has 3 aromatic rings. The first kappa shape index (κ1) is 15.5. The molecule has 5 nitrogen and oxygen atoms in total. The highest BCUT2D eigenvalue weighted by atomic mass is 35.5. The molecule has 0 bridgehead atoms. The molecule has 116 valence electrons. The number of rotatable bonds is 3. The van der Waals surface area contributed by atoms with E-state index in [1.54, 1.807) is 36.8 Å². The molecular formula is C15H9Cl2FN4O. The minimum Gasteiger partial charge on any atom is -0.319 e. The normalized spacial score (nSPS) is 10.6. The molecule has 0 saturated heterocycles. The van der Waals surface area contributed by atoms with Gasteiger partial charge in [-0.2, -0.15) is 5.10 Å². The SMILES string of the molecule is O=C(Nc1cccnc1-n1cccn1)c1cc(F)c(Cl)cc1Cl. The molecule has 23 heavy (non-hydrogen) atoms. The van der Waals surface area contributed by atoms with Crippen molar-refractivity contribution < 1.29 is 9.18 Å². The number of nitrogens with zero attached hydrogens (tertiary/aromatic N) is 3. The van der Waals surface area contributed by atoms with E-state index in [1.165, 1.54) is 10.7 Å². The van der Waals surface area contributed by atoms with Crippen molar-refractivity contribution in [1.82, 2.24) is 14.8 Å². The molecular weight excluding hydrogens is 342 g/mol. The lowest BCUT2D eigenvalue weighted by Gasteiger charge is -2.11. The maximum absolute atomic E-state index is 13.6. The molecule has 0 saturated carbocycles. The molecule has 0 aliphatic carbocycles. The van der Waals surface area contributed by atoms with Crippen LogP contribution in [0.4, 0.5) is 10.1 Å². The Morgan fingerprint density at radius 3 is 2.74 bits per heavy atom. The topological polar surface area (TPSA) is 59.8 Å². The zero-order valence-electron chi connectivity index (χ0n) is 11.5. The lowest BCUT2D eigenvalue weighted by molar-refractivity contribution is 0.102. The fraction of sp³-hybridized carbons (Fsp3) is 0. The van der Waals surface area contributed by atoms with E-state index in [1.807, 2.05) is 0 Å². The van der Waals surface area contributed by atoms with E-state index in [0.717, 1.165) is 6.07 Å². The molecule has 0 unspecified atom stereocenters. The molecule has 0 atom stereocenters. The van der Waals surface area contributed by atoms with Gasteiger partial charge in [-0.05, 0) is 30.3 Å². The molecule has 2 heterocycles. The van der Waals surface area contributed by atoms with Crippen LogP contribution in [0.15, 0.2) is 48.9 Å². The van der Waals surface area contributed by atoms with Crippen molar-refractivity contribution in [1.29, 1.82) is 0 Å². The van der Waals surface area contributed by atoms with E-state index in [9.17, 15) is 9.18 Å². The Bertz CT molecular complexity index is 868. The van der Waals surface area contributed by atoms with E-state index in [-0.39, 0.29) is 15.6 Å². The van der Waals surface area contributed by atoms with Crippen LogP contribution in [0.3, 0.4) is 0 Å². The van der Waals surface area contributed by atoms with Gasteiger partial charge in [0.25, 0.3) is 5.91 Å². The number of nitrogens with one attached hydrogen (secondary N) is 1. The zero-order valence-corrected chi connectivity index (χ0v) is 13.0. The Morgan fingerprint density at radius 1 is 1.17 bits per heavy atom. The van der Waals surface area contributed by atoms with Crippen molar-refractivity contribution in [3.8, 4) is 5.82 Å². The number of amides is 1. The van der Waals surface area contributed by atoms with Crippen LogP contribution < -0.4 is 5.32 Å². The number of benzene rings is 1. The Hall–Kier alpha value is -2.44. The van der Waals surface area contributed by atoms with Gasteiger partial charge < -0.3 is 5.32 Å². The molecule has 8 heteroatoms. The summed E-state index contributed by atoms with van der Waals surface area (Å²) < 4.78 is 15.1. The van der Waals surface area contributed by atoms with E-state index < -0.39 is 11.7 Å². The van der Waals surface area contributed by atoms with Crippen LogP contribution in [0.25, 0.3) is 5.82 Å². The maximum Gasteiger partial charge on any atom is 0.257 e. The first-order valence-electron chi connectivity index (χ1n) is 6.47. The fourth-order valence-corrected chi connectivity index (χ4v) is 2.43. The average Bonchev–Trinajstić information content (AvgIpc) is 3.05. The number of carbonyl (C=O) groups excluding carboxylic acids is 1. The molecule has 1 aromatic carbocycles. The number of hydrogen-bond donors (Lipinski definition) is 1. The van der Waals surface area contributed by atoms with Crippen molar-refractivity contribution in [3.63, 3.8) is 0 Å². The third-order valence-corrected chi connectivity index (χ3v) is 3.61. The standard InChI is InChI=1S/C15H9Cl2FN4O/c16-10-8-11(17)12(18)7-9(10)15(23)21-13-3-1-4-19-14(13)22-6-2-5-20-22/h1-8H,(H,21,23). The second-order valence-electron chi connectivity index (χ2n) is 4.53. The van der Waals surface area contributed by atoms with Crippen LogP contribution in [0, 0.1) is 5.82 Å². The summed E-state index contributed by atoms with van der Waals surface area (Å²) in [5.74, 6) is -0.872. The largest absolute Gasteiger partial charge is 0.319 e. The Balaban J connectivity index is 1.94. The lowest BCUT2D eigenvalue weighted by atomic mass is 10.2. The van der Waals surface area contributed by atoms with Crippen LogP contribution in [0.2, 0.25) is 10.0 Å². The first-order valence-corrected chi connectivity index (χ1v) is 7.23. The van der Waals surface area contributed by atoms with Gasteiger partial charge >= 0.3 is 0 Å². The van der Waals surface area contributed by atoms with E-state index in [0.29, 0.717) is 11.5 Å². The molecule has 0 aliphatic rings. The van der Waals surface area contributed by atoms with Gasteiger partial charge in [-0.15, -0.1) is 0 Å². The lowest BCUT2D eigenvalue weighted by Crippen LogP contribution is -2.15. The predicted octanol–water partition coefficient (Wildman–Crippen LogP) is 3.97. The summed E-state index contributed by atoms with van der Waals surface area (Å²) in [7, 11) is 0. The Morgan fingerprint density at radius 2 is 2.00 bits per heavy atom. The van der Waals surface area contributed by atoms with Crippen molar-refractivity contribution in [2.75, 3.05) is 5.32 Å². The summed E-state index contributed by atoms with van der Waals surface area (Å²) in [5.41, 5.74) is 0.386. The molecule has 0 radical (unpaired) electrons. The molecule has 2 aromatic heterocycles.